The molecule has 2 atom stereocenters. The zero-order valence-electron chi connectivity index (χ0n) is 11.7. The van der Waals surface area contributed by atoms with Crippen molar-refractivity contribution in [2.75, 3.05) is 6.61 Å². The Morgan fingerprint density at radius 1 is 1.26 bits per heavy atom. The van der Waals surface area contributed by atoms with E-state index < -0.39 is 0 Å². The lowest BCUT2D eigenvalue weighted by Gasteiger charge is -2.21. The molecule has 19 heavy (non-hydrogen) atoms. The zero-order valence-corrected chi connectivity index (χ0v) is 11.7. The fourth-order valence-electron chi connectivity index (χ4n) is 2.18. The molecule has 0 aliphatic heterocycles. The summed E-state index contributed by atoms with van der Waals surface area (Å²) in [5, 5.41) is 10.4. The number of aromatic amines is 1. The Morgan fingerprint density at radius 2 is 2.05 bits per heavy atom. The summed E-state index contributed by atoms with van der Waals surface area (Å²) in [6.45, 7) is 6.96. The SMILES string of the molecule is CCOc1ccccc1C(C)NC(C)c1cn[nH]c1. The third-order valence-corrected chi connectivity index (χ3v) is 3.20. The molecule has 4 heteroatoms. The third kappa shape index (κ3) is 3.35. The van der Waals surface area contributed by atoms with E-state index in [9.17, 15) is 0 Å². The largest absolute Gasteiger partial charge is 0.494 e. The number of nitrogens with zero attached hydrogens (tertiary/aromatic N) is 1. The number of ether oxygens (including phenoxy) is 1. The van der Waals surface area contributed by atoms with Crippen LogP contribution < -0.4 is 10.1 Å². The number of para-hydroxylation sites is 1. The standard InChI is InChI=1S/C15H21N3O/c1-4-19-15-8-6-5-7-14(15)12(3)18-11(2)13-9-16-17-10-13/h5-12,18H,4H2,1-3H3,(H,16,17). The fourth-order valence-corrected chi connectivity index (χ4v) is 2.18. The van der Waals surface area contributed by atoms with Crippen molar-refractivity contribution in [3.63, 3.8) is 0 Å². The number of hydrogen-bond donors (Lipinski definition) is 2. The number of H-pyrrole nitrogens is 1. The van der Waals surface area contributed by atoms with E-state index in [0.717, 1.165) is 11.3 Å². The second-order valence-electron chi connectivity index (χ2n) is 4.61. The van der Waals surface area contributed by atoms with Gasteiger partial charge in [0.1, 0.15) is 5.75 Å². The van der Waals surface area contributed by atoms with Gasteiger partial charge in [0, 0.05) is 29.4 Å². The van der Waals surface area contributed by atoms with Crippen LogP contribution in [0.5, 0.6) is 5.75 Å². The van der Waals surface area contributed by atoms with Gasteiger partial charge in [0.2, 0.25) is 0 Å². The van der Waals surface area contributed by atoms with Crippen molar-refractivity contribution in [2.24, 2.45) is 0 Å². The Hall–Kier alpha value is -1.81. The van der Waals surface area contributed by atoms with E-state index in [1.807, 2.05) is 37.5 Å². The first-order valence-corrected chi connectivity index (χ1v) is 6.68. The Morgan fingerprint density at radius 3 is 2.74 bits per heavy atom. The Bertz CT molecular complexity index is 496. The van der Waals surface area contributed by atoms with E-state index in [1.54, 1.807) is 0 Å². The lowest BCUT2D eigenvalue weighted by atomic mass is 10.1. The molecule has 4 nitrogen and oxygen atoms in total. The van der Waals surface area contributed by atoms with Crippen LogP contribution >= 0.6 is 0 Å². The van der Waals surface area contributed by atoms with Crippen LogP contribution in [0.25, 0.3) is 0 Å². The van der Waals surface area contributed by atoms with Gasteiger partial charge >= 0.3 is 0 Å². The smallest absolute Gasteiger partial charge is 0.124 e. The molecular formula is C15H21N3O. The molecule has 0 radical (unpaired) electrons. The van der Waals surface area contributed by atoms with Crippen LogP contribution in [0.1, 0.15) is 44.0 Å². The van der Waals surface area contributed by atoms with Crippen LogP contribution in [0, 0.1) is 0 Å². The summed E-state index contributed by atoms with van der Waals surface area (Å²) in [5.41, 5.74) is 2.33. The quantitative estimate of drug-likeness (QED) is 0.837. The second-order valence-corrected chi connectivity index (χ2v) is 4.61. The maximum Gasteiger partial charge on any atom is 0.124 e. The van der Waals surface area contributed by atoms with Gasteiger partial charge in [0.25, 0.3) is 0 Å². The van der Waals surface area contributed by atoms with Gasteiger partial charge in [-0.05, 0) is 26.8 Å². The first-order valence-electron chi connectivity index (χ1n) is 6.68. The fraction of sp³-hybridized carbons (Fsp3) is 0.400. The van der Waals surface area contributed by atoms with Crippen molar-refractivity contribution in [3.8, 4) is 5.75 Å². The van der Waals surface area contributed by atoms with Crippen LogP contribution in [-0.4, -0.2) is 16.8 Å². The number of benzene rings is 1. The molecule has 0 amide bonds. The lowest BCUT2D eigenvalue weighted by Crippen LogP contribution is -2.22. The maximum absolute atomic E-state index is 5.67. The Balaban J connectivity index is 2.09. The maximum atomic E-state index is 5.67. The molecule has 0 spiro atoms. The van der Waals surface area contributed by atoms with E-state index in [1.165, 1.54) is 5.56 Å². The monoisotopic (exact) mass is 259 g/mol. The normalized spacial score (nSPS) is 14.1. The molecule has 2 aromatic rings. The van der Waals surface area contributed by atoms with Crippen LogP contribution in [0.4, 0.5) is 0 Å². The first kappa shape index (κ1) is 13.6. The van der Waals surface area contributed by atoms with Gasteiger partial charge in [0.15, 0.2) is 0 Å². The van der Waals surface area contributed by atoms with Gasteiger partial charge in [-0.1, -0.05) is 18.2 Å². The van der Waals surface area contributed by atoms with Gasteiger partial charge < -0.3 is 10.1 Å². The van der Waals surface area contributed by atoms with E-state index in [0.29, 0.717) is 6.61 Å². The highest BCUT2D eigenvalue weighted by Gasteiger charge is 2.15. The topological polar surface area (TPSA) is 49.9 Å². The molecule has 0 saturated carbocycles. The van der Waals surface area contributed by atoms with Gasteiger partial charge in [0.05, 0.1) is 12.8 Å². The number of nitrogens with one attached hydrogen (secondary N) is 2. The van der Waals surface area contributed by atoms with Gasteiger partial charge in [-0.15, -0.1) is 0 Å². The summed E-state index contributed by atoms with van der Waals surface area (Å²) in [5.74, 6) is 0.949. The van der Waals surface area contributed by atoms with E-state index >= 15 is 0 Å². The molecule has 2 rings (SSSR count). The highest BCUT2D eigenvalue weighted by Crippen LogP contribution is 2.26. The van der Waals surface area contributed by atoms with Crippen molar-refractivity contribution in [3.05, 3.63) is 47.8 Å². The van der Waals surface area contributed by atoms with Crippen molar-refractivity contribution in [2.45, 2.75) is 32.9 Å². The molecule has 0 saturated heterocycles. The van der Waals surface area contributed by atoms with Crippen LogP contribution in [0.2, 0.25) is 0 Å². The lowest BCUT2D eigenvalue weighted by molar-refractivity contribution is 0.331. The summed E-state index contributed by atoms with van der Waals surface area (Å²) in [4.78, 5) is 0. The highest BCUT2D eigenvalue weighted by molar-refractivity contribution is 5.35. The van der Waals surface area contributed by atoms with Gasteiger partial charge in [-0.2, -0.15) is 5.10 Å². The molecule has 0 aliphatic rings. The molecule has 0 fully saturated rings. The zero-order chi connectivity index (χ0) is 13.7. The molecule has 1 heterocycles. The molecule has 0 bridgehead atoms. The van der Waals surface area contributed by atoms with Crippen molar-refractivity contribution >= 4 is 0 Å². The Kier molecular flexibility index (Phi) is 4.58. The van der Waals surface area contributed by atoms with E-state index in [4.69, 9.17) is 4.74 Å². The van der Waals surface area contributed by atoms with E-state index in [2.05, 4.69) is 35.4 Å². The minimum atomic E-state index is 0.215. The van der Waals surface area contributed by atoms with Crippen molar-refractivity contribution < 1.29 is 4.74 Å². The molecular weight excluding hydrogens is 238 g/mol. The molecule has 2 unspecified atom stereocenters. The number of rotatable bonds is 6. The second kappa shape index (κ2) is 6.38. The molecule has 1 aromatic heterocycles. The number of hydrogen-bond acceptors (Lipinski definition) is 3. The number of aromatic nitrogens is 2. The molecule has 2 N–H and O–H groups in total. The van der Waals surface area contributed by atoms with E-state index in [-0.39, 0.29) is 12.1 Å². The van der Waals surface area contributed by atoms with Crippen LogP contribution in [0.15, 0.2) is 36.7 Å². The first-order chi connectivity index (χ1) is 9.22. The summed E-state index contributed by atoms with van der Waals surface area (Å²) >= 11 is 0. The van der Waals surface area contributed by atoms with Gasteiger partial charge in [-0.3, -0.25) is 5.10 Å². The Labute approximate surface area is 114 Å². The van der Waals surface area contributed by atoms with Crippen molar-refractivity contribution in [1.29, 1.82) is 0 Å². The molecule has 102 valence electrons. The third-order valence-electron chi connectivity index (χ3n) is 3.20. The molecule has 0 aliphatic carbocycles. The summed E-state index contributed by atoms with van der Waals surface area (Å²) in [6, 6.07) is 8.61. The average molecular weight is 259 g/mol. The summed E-state index contributed by atoms with van der Waals surface area (Å²) < 4.78 is 5.67. The average Bonchev–Trinajstić information content (AvgIpc) is 2.93. The minimum Gasteiger partial charge on any atom is -0.494 e. The van der Waals surface area contributed by atoms with Gasteiger partial charge in [-0.25, -0.2) is 0 Å². The minimum absolute atomic E-state index is 0.215. The predicted octanol–water partition coefficient (Wildman–Crippen LogP) is 3.22. The summed E-state index contributed by atoms with van der Waals surface area (Å²) in [6.07, 6.45) is 3.76. The van der Waals surface area contributed by atoms with Crippen molar-refractivity contribution in [1.82, 2.24) is 15.5 Å². The highest BCUT2D eigenvalue weighted by atomic mass is 16.5. The molecule has 1 aromatic carbocycles. The predicted molar refractivity (Wildman–Crippen MR) is 76.2 cm³/mol. The van der Waals surface area contributed by atoms with Crippen LogP contribution in [-0.2, 0) is 0 Å². The summed E-state index contributed by atoms with van der Waals surface area (Å²) in [7, 11) is 0. The van der Waals surface area contributed by atoms with Crippen LogP contribution in [0.3, 0.4) is 0 Å².